The van der Waals surface area contributed by atoms with Gasteiger partial charge in [0, 0.05) is 10.6 Å². The van der Waals surface area contributed by atoms with Crippen LogP contribution in [0.2, 0.25) is 10.0 Å². The number of aromatic nitrogens is 1. The molecule has 1 heterocycles. The molecule has 20 heavy (non-hydrogen) atoms. The number of rotatable bonds is 1. The number of H-pyrrole nitrogens is 1. The van der Waals surface area contributed by atoms with Crippen LogP contribution in [-0.2, 0) is 6.18 Å². The number of alkyl halides is 3. The molecule has 0 atom stereocenters. The van der Waals surface area contributed by atoms with Crippen molar-refractivity contribution in [2.45, 2.75) is 6.18 Å². The summed E-state index contributed by atoms with van der Waals surface area (Å²) in [6, 6.07) is 3.94. The van der Waals surface area contributed by atoms with E-state index in [9.17, 15) is 22.4 Å². The molecule has 0 saturated carbocycles. The highest BCUT2D eigenvalue weighted by Crippen LogP contribution is 2.33. The summed E-state index contributed by atoms with van der Waals surface area (Å²) in [5, 5.41) is -0.409. The molecule has 0 bridgehead atoms. The molecule has 0 unspecified atom stereocenters. The summed E-state index contributed by atoms with van der Waals surface area (Å²) >= 11 is 11.2. The highest BCUT2D eigenvalue weighted by atomic mass is 35.5. The van der Waals surface area contributed by atoms with E-state index < -0.39 is 28.3 Å². The molecule has 0 aliphatic heterocycles. The van der Waals surface area contributed by atoms with E-state index in [-0.39, 0.29) is 16.1 Å². The lowest BCUT2D eigenvalue weighted by Crippen LogP contribution is -2.18. The van der Waals surface area contributed by atoms with Gasteiger partial charge in [0.1, 0.15) is 11.5 Å². The third-order valence-electron chi connectivity index (χ3n) is 2.49. The molecule has 106 valence electrons. The lowest BCUT2D eigenvalue weighted by molar-refractivity contribution is -0.141. The van der Waals surface area contributed by atoms with Crippen LogP contribution >= 0.6 is 23.2 Å². The Bertz CT molecular complexity index is 724. The van der Waals surface area contributed by atoms with E-state index in [4.69, 9.17) is 23.2 Å². The standard InChI is InChI=1S/C12H5Cl2F4NO/c13-5-1-2-6(8(15)3-5)10-7(14)4-9(12(16,17)18)19-11(10)20/h1-4H,(H,19,20). The van der Waals surface area contributed by atoms with Gasteiger partial charge in [0.25, 0.3) is 5.56 Å². The van der Waals surface area contributed by atoms with Crippen LogP contribution in [0.5, 0.6) is 0 Å². The first-order valence-corrected chi connectivity index (χ1v) is 5.91. The first-order valence-electron chi connectivity index (χ1n) is 5.15. The predicted molar refractivity (Wildman–Crippen MR) is 67.5 cm³/mol. The number of hydrogen-bond donors (Lipinski definition) is 1. The Balaban J connectivity index is 2.68. The largest absolute Gasteiger partial charge is 0.431 e. The highest BCUT2D eigenvalue weighted by Gasteiger charge is 2.33. The van der Waals surface area contributed by atoms with Crippen molar-refractivity contribution in [2.24, 2.45) is 0 Å². The monoisotopic (exact) mass is 325 g/mol. The highest BCUT2D eigenvalue weighted by molar-refractivity contribution is 6.33. The van der Waals surface area contributed by atoms with E-state index in [0.29, 0.717) is 6.07 Å². The molecule has 2 nitrogen and oxygen atoms in total. The maximum absolute atomic E-state index is 13.7. The maximum atomic E-state index is 13.7. The van der Waals surface area contributed by atoms with Gasteiger partial charge in [-0.25, -0.2) is 4.39 Å². The molecular formula is C12H5Cl2F4NO. The van der Waals surface area contributed by atoms with Crippen molar-refractivity contribution in [3.8, 4) is 11.1 Å². The van der Waals surface area contributed by atoms with Crippen LogP contribution in [-0.4, -0.2) is 4.98 Å². The fourth-order valence-electron chi connectivity index (χ4n) is 1.62. The number of benzene rings is 1. The molecule has 1 N–H and O–H groups in total. The second kappa shape index (κ2) is 5.10. The molecule has 1 aromatic carbocycles. The molecule has 1 aromatic heterocycles. The molecule has 8 heteroatoms. The zero-order valence-electron chi connectivity index (χ0n) is 9.49. The van der Waals surface area contributed by atoms with E-state index in [1.54, 1.807) is 4.98 Å². The first kappa shape index (κ1) is 14.9. The van der Waals surface area contributed by atoms with Crippen LogP contribution in [0.15, 0.2) is 29.1 Å². The van der Waals surface area contributed by atoms with Crippen LogP contribution in [0.1, 0.15) is 5.69 Å². The lowest BCUT2D eigenvalue weighted by Gasteiger charge is -2.10. The Morgan fingerprint density at radius 1 is 1.10 bits per heavy atom. The van der Waals surface area contributed by atoms with Gasteiger partial charge in [-0.2, -0.15) is 13.2 Å². The molecule has 0 saturated heterocycles. The number of aromatic amines is 1. The van der Waals surface area contributed by atoms with E-state index in [1.165, 1.54) is 12.1 Å². The Morgan fingerprint density at radius 3 is 2.25 bits per heavy atom. The molecule has 0 spiro atoms. The van der Waals surface area contributed by atoms with Gasteiger partial charge in [0.05, 0.1) is 10.6 Å². The van der Waals surface area contributed by atoms with Gasteiger partial charge in [-0.15, -0.1) is 0 Å². The van der Waals surface area contributed by atoms with Gasteiger partial charge in [-0.3, -0.25) is 4.79 Å². The average Bonchev–Trinajstić information content (AvgIpc) is 2.29. The minimum absolute atomic E-state index is 0.0886. The van der Waals surface area contributed by atoms with Gasteiger partial charge < -0.3 is 4.98 Å². The summed E-state index contributed by atoms with van der Waals surface area (Å²) in [6.45, 7) is 0. The van der Waals surface area contributed by atoms with E-state index in [1.807, 2.05) is 0 Å². The third kappa shape index (κ3) is 2.81. The van der Waals surface area contributed by atoms with Crippen LogP contribution in [0.3, 0.4) is 0 Å². The van der Waals surface area contributed by atoms with Crippen molar-refractivity contribution in [2.75, 3.05) is 0 Å². The molecule has 0 amide bonds. The van der Waals surface area contributed by atoms with Crippen LogP contribution in [0.25, 0.3) is 11.1 Å². The van der Waals surface area contributed by atoms with Crippen molar-refractivity contribution in [1.82, 2.24) is 4.98 Å². The zero-order valence-corrected chi connectivity index (χ0v) is 11.0. The van der Waals surface area contributed by atoms with Crippen LogP contribution < -0.4 is 5.56 Å². The van der Waals surface area contributed by atoms with Crippen LogP contribution in [0.4, 0.5) is 17.6 Å². The average molecular weight is 326 g/mol. The van der Waals surface area contributed by atoms with Gasteiger partial charge in [-0.05, 0) is 24.3 Å². The normalized spacial score (nSPS) is 11.7. The summed E-state index contributed by atoms with van der Waals surface area (Å²) in [4.78, 5) is 13.3. The quantitative estimate of drug-likeness (QED) is 0.769. The second-order valence-corrected chi connectivity index (χ2v) is 4.70. The Kier molecular flexibility index (Phi) is 3.80. The van der Waals surface area contributed by atoms with Crippen molar-refractivity contribution in [3.63, 3.8) is 0 Å². The fourth-order valence-corrected chi connectivity index (χ4v) is 2.08. The van der Waals surface area contributed by atoms with Gasteiger partial charge >= 0.3 is 6.18 Å². The number of halogens is 6. The Labute approximate surface area is 120 Å². The van der Waals surface area contributed by atoms with E-state index >= 15 is 0 Å². The third-order valence-corrected chi connectivity index (χ3v) is 3.02. The lowest BCUT2D eigenvalue weighted by atomic mass is 10.1. The minimum atomic E-state index is -4.75. The predicted octanol–water partition coefficient (Wildman–Crippen LogP) is 4.51. The molecule has 0 aliphatic carbocycles. The molecule has 0 fully saturated rings. The zero-order chi connectivity index (χ0) is 15.1. The fraction of sp³-hybridized carbons (Fsp3) is 0.0833. The number of hydrogen-bond acceptors (Lipinski definition) is 1. The van der Waals surface area contributed by atoms with E-state index in [2.05, 4.69) is 0 Å². The minimum Gasteiger partial charge on any atom is -0.318 e. The number of nitrogens with one attached hydrogen (secondary N) is 1. The number of pyridine rings is 1. The molecule has 2 aromatic rings. The summed E-state index contributed by atoms with van der Waals surface area (Å²) in [5.74, 6) is -0.857. The summed E-state index contributed by atoms with van der Waals surface area (Å²) in [6.07, 6.45) is -4.75. The summed E-state index contributed by atoms with van der Waals surface area (Å²) < 4.78 is 51.2. The van der Waals surface area contributed by atoms with Gasteiger partial charge in [0.15, 0.2) is 0 Å². The summed E-state index contributed by atoms with van der Waals surface area (Å²) in [7, 11) is 0. The molecule has 0 radical (unpaired) electrons. The smallest absolute Gasteiger partial charge is 0.318 e. The van der Waals surface area contributed by atoms with Gasteiger partial charge in [0.2, 0.25) is 0 Å². The Hall–Kier alpha value is -1.53. The Morgan fingerprint density at radius 2 is 1.75 bits per heavy atom. The van der Waals surface area contributed by atoms with Crippen molar-refractivity contribution in [3.05, 3.63) is 56.2 Å². The SMILES string of the molecule is O=c1[nH]c(C(F)(F)F)cc(Cl)c1-c1ccc(Cl)cc1F. The second-order valence-electron chi connectivity index (χ2n) is 3.86. The maximum Gasteiger partial charge on any atom is 0.431 e. The molecule has 2 rings (SSSR count). The van der Waals surface area contributed by atoms with Crippen LogP contribution in [0, 0.1) is 5.82 Å². The molecular weight excluding hydrogens is 321 g/mol. The van der Waals surface area contributed by atoms with Crippen molar-refractivity contribution >= 4 is 23.2 Å². The van der Waals surface area contributed by atoms with Gasteiger partial charge in [-0.1, -0.05) is 23.2 Å². The molecule has 0 aliphatic rings. The summed E-state index contributed by atoms with van der Waals surface area (Å²) in [5.41, 5.74) is -3.04. The van der Waals surface area contributed by atoms with Crippen molar-refractivity contribution < 1.29 is 17.6 Å². The van der Waals surface area contributed by atoms with E-state index in [0.717, 1.165) is 6.07 Å². The topological polar surface area (TPSA) is 32.9 Å². The first-order chi connectivity index (χ1) is 9.20. The van der Waals surface area contributed by atoms with Crippen molar-refractivity contribution in [1.29, 1.82) is 0 Å².